The molecule has 106 valence electrons. The van der Waals surface area contributed by atoms with Crippen molar-refractivity contribution in [3.05, 3.63) is 29.3 Å². The smallest absolute Gasteiger partial charge is 0.119 e. The Labute approximate surface area is 117 Å². The fourth-order valence-electron chi connectivity index (χ4n) is 3.03. The van der Waals surface area contributed by atoms with E-state index in [1.165, 1.54) is 49.7 Å². The van der Waals surface area contributed by atoms with Crippen LogP contribution >= 0.6 is 0 Å². The van der Waals surface area contributed by atoms with Crippen LogP contribution in [0.2, 0.25) is 0 Å². The van der Waals surface area contributed by atoms with Gasteiger partial charge in [0.1, 0.15) is 5.75 Å². The zero-order valence-electron chi connectivity index (χ0n) is 12.5. The largest absolute Gasteiger partial charge is 0.497 e. The number of unbranched alkanes of at least 4 members (excludes halogenated alkanes) is 1. The second-order valence-corrected chi connectivity index (χ2v) is 5.72. The van der Waals surface area contributed by atoms with E-state index in [1.54, 1.807) is 7.11 Å². The van der Waals surface area contributed by atoms with Gasteiger partial charge in [0.2, 0.25) is 0 Å². The monoisotopic (exact) mass is 261 g/mol. The van der Waals surface area contributed by atoms with E-state index >= 15 is 0 Å². The van der Waals surface area contributed by atoms with Crippen molar-refractivity contribution < 1.29 is 4.74 Å². The number of rotatable bonds is 6. The minimum absolute atomic E-state index is 0.529. The van der Waals surface area contributed by atoms with Crippen LogP contribution in [0.5, 0.6) is 5.75 Å². The molecular formula is C17H27NO. The molecule has 0 aromatic heterocycles. The predicted octanol–water partition coefficient (Wildman–Crippen LogP) is 4.24. The summed E-state index contributed by atoms with van der Waals surface area (Å²) in [6.45, 7) is 4.57. The lowest BCUT2D eigenvalue weighted by Gasteiger charge is -2.29. The van der Waals surface area contributed by atoms with Crippen LogP contribution in [0.1, 0.15) is 63.1 Å². The first-order valence-electron chi connectivity index (χ1n) is 7.67. The van der Waals surface area contributed by atoms with Crippen LogP contribution in [-0.2, 0) is 6.42 Å². The van der Waals surface area contributed by atoms with Gasteiger partial charge in [0, 0.05) is 12.1 Å². The Morgan fingerprint density at radius 1 is 1.42 bits per heavy atom. The van der Waals surface area contributed by atoms with Gasteiger partial charge in [-0.15, -0.1) is 0 Å². The normalized spacial score (nSPS) is 19.8. The third-order valence-electron chi connectivity index (χ3n) is 4.14. The van der Waals surface area contributed by atoms with Crippen molar-refractivity contribution >= 4 is 0 Å². The molecule has 2 unspecified atom stereocenters. The lowest BCUT2D eigenvalue weighted by Crippen LogP contribution is -2.32. The lowest BCUT2D eigenvalue weighted by molar-refractivity contribution is 0.385. The van der Waals surface area contributed by atoms with Gasteiger partial charge in [-0.25, -0.2) is 0 Å². The third kappa shape index (κ3) is 3.73. The molecule has 19 heavy (non-hydrogen) atoms. The number of aryl methyl sites for hydroxylation is 1. The van der Waals surface area contributed by atoms with Crippen LogP contribution in [0.4, 0.5) is 0 Å². The number of ether oxygens (including phenoxy) is 1. The molecule has 2 heteroatoms. The Kier molecular flexibility index (Phi) is 5.26. The highest BCUT2D eigenvalue weighted by Crippen LogP contribution is 2.32. The minimum atomic E-state index is 0.529. The highest BCUT2D eigenvalue weighted by Gasteiger charge is 2.21. The Bertz CT molecular complexity index is 402. The second-order valence-electron chi connectivity index (χ2n) is 5.72. The predicted molar refractivity (Wildman–Crippen MR) is 80.8 cm³/mol. The quantitative estimate of drug-likeness (QED) is 0.827. The fraction of sp³-hybridized carbons (Fsp3) is 0.647. The lowest BCUT2D eigenvalue weighted by atomic mass is 9.87. The zero-order chi connectivity index (χ0) is 13.7. The Hall–Kier alpha value is -1.02. The minimum Gasteiger partial charge on any atom is -0.497 e. The average molecular weight is 261 g/mol. The number of hydrogen-bond donors (Lipinski definition) is 1. The molecule has 2 rings (SSSR count). The van der Waals surface area contributed by atoms with Crippen molar-refractivity contribution in [2.45, 2.75) is 64.5 Å². The van der Waals surface area contributed by atoms with Crippen molar-refractivity contribution in [2.75, 3.05) is 7.11 Å². The van der Waals surface area contributed by atoms with Gasteiger partial charge in [0.05, 0.1) is 7.11 Å². The molecule has 1 aliphatic rings. The van der Waals surface area contributed by atoms with Crippen LogP contribution in [0.25, 0.3) is 0 Å². The summed E-state index contributed by atoms with van der Waals surface area (Å²) in [7, 11) is 1.74. The molecule has 0 saturated heterocycles. The highest BCUT2D eigenvalue weighted by atomic mass is 16.5. The van der Waals surface area contributed by atoms with Gasteiger partial charge in [0.25, 0.3) is 0 Å². The van der Waals surface area contributed by atoms with Crippen molar-refractivity contribution in [2.24, 2.45) is 0 Å². The Balaban J connectivity index is 2.05. The number of hydrogen-bond acceptors (Lipinski definition) is 2. The van der Waals surface area contributed by atoms with Gasteiger partial charge in [-0.05, 0) is 55.9 Å². The molecule has 0 fully saturated rings. The molecule has 1 aliphatic carbocycles. The summed E-state index contributed by atoms with van der Waals surface area (Å²) in [5.74, 6) is 0.985. The SMILES string of the molecule is CCCCC(C)NC1CCCc2cc(OC)ccc21. The topological polar surface area (TPSA) is 21.3 Å². The molecular weight excluding hydrogens is 234 g/mol. The molecule has 2 atom stereocenters. The summed E-state index contributed by atoms with van der Waals surface area (Å²) in [5, 5.41) is 3.81. The fourth-order valence-corrected chi connectivity index (χ4v) is 3.03. The first kappa shape index (κ1) is 14.4. The van der Waals surface area contributed by atoms with Crippen molar-refractivity contribution in [1.82, 2.24) is 5.32 Å². The summed E-state index contributed by atoms with van der Waals surface area (Å²) >= 11 is 0. The molecule has 0 bridgehead atoms. The summed E-state index contributed by atoms with van der Waals surface area (Å²) in [6.07, 6.45) is 7.60. The third-order valence-corrected chi connectivity index (χ3v) is 4.14. The van der Waals surface area contributed by atoms with Gasteiger partial charge in [-0.3, -0.25) is 0 Å². The van der Waals surface area contributed by atoms with Crippen LogP contribution in [0, 0.1) is 0 Å². The van der Waals surface area contributed by atoms with Gasteiger partial charge < -0.3 is 10.1 Å². The summed E-state index contributed by atoms with van der Waals surface area (Å²) < 4.78 is 5.33. The van der Waals surface area contributed by atoms with E-state index in [0.29, 0.717) is 12.1 Å². The van der Waals surface area contributed by atoms with Gasteiger partial charge in [0.15, 0.2) is 0 Å². The molecule has 0 radical (unpaired) electrons. The Morgan fingerprint density at radius 2 is 2.26 bits per heavy atom. The van der Waals surface area contributed by atoms with E-state index in [1.807, 2.05) is 0 Å². The van der Waals surface area contributed by atoms with Gasteiger partial charge in [-0.2, -0.15) is 0 Å². The maximum absolute atomic E-state index is 5.33. The first-order chi connectivity index (χ1) is 9.24. The standard InChI is InChI=1S/C17H27NO/c1-4-5-7-13(2)18-17-9-6-8-14-12-15(19-3)10-11-16(14)17/h10-13,17-18H,4-9H2,1-3H3. The van der Waals surface area contributed by atoms with Crippen molar-refractivity contribution in [1.29, 1.82) is 0 Å². The molecule has 0 heterocycles. The number of methoxy groups -OCH3 is 1. The van der Waals surface area contributed by atoms with E-state index in [9.17, 15) is 0 Å². The molecule has 0 amide bonds. The Morgan fingerprint density at radius 3 is 3.00 bits per heavy atom. The maximum Gasteiger partial charge on any atom is 0.119 e. The van der Waals surface area contributed by atoms with E-state index in [-0.39, 0.29) is 0 Å². The van der Waals surface area contributed by atoms with E-state index in [0.717, 1.165) is 5.75 Å². The molecule has 1 N–H and O–H groups in total. The molecule has 1 aromatic rings. The second kappa shape index (κ2) is 6.95. The molecule has 2 nitrogen and oxygen atoms in total. The maximum atomic E-state index is 5.33. The number of fused-ring (bicyclic) bond motifs is 1. The van der Waals surface area contributed by atoms with Gasteiger partial charge in [-0.1, -0.05) is 25.8 Å². The molecule has 1 aromatic carbocycles. The highest BCUT2D eigenvalue weighted by molar-refractivity contribution is 5.39. The van der Waals surface area contributed by atoms with E-state index in [2.05, 4.69) is 37.4 Å². The zero-order valence-corrected chi connectivity index (χ0v) is 12.5. The van der Waals surface area contributed by atoms with Crippen LogP contribution in [0.15, 0.2) is 18.2 Å². The van der Waals surface area contributed by atoms with Crippen LogP contribution in [-0.4, -0.2) is 13.2 Å². The average Bonchev–Trinajstić information content (AvgIpc) is 2.44. The summed E-state index contributed by atoms with van der Waals surface area (Å²) in [4.78, 5) is 0. The summed E-state index contributed by atoms with van der Waals surface area (Å²) in [6, 6.07) is 7.69. The van der Waals surface area contributed by atoms with E-state index in [4.69, 9.17) is 4.74 Å². The van der Waals surface area contributed by atoms with Gasteiger partial charge >= 0.3 is 0 Å². The van der Waals surface area contributed by atoms with Crippen LogP contribution in [0.3, 0.4) is 0 Å². The number of nitrogens with one attached hydrogen (secondary N) is 1. The van der Waals surface area contributed by atoms with Crippen molar-refractivity contribution in [3.8, 4) is 5.75 Å². The first-order valence-corrected chi connectivity index (χ1v) is 7.67. The number of benzene rings is 1. The van der Waals surface area contributed by atoms with Crippen molar-refractivity contribution in [3.63, 3.8) is 0 Å². The van der Waals surface area contributed by atoms with E-state index < -0.39 is 0 Å². The molecule has 0 spiro atoms. The molecule has 0 aliphatic heterocycles. The van der Waals surface area contributed by atoms with Crippen LogP contribution < -0.4 is 10.1 Å². The molecule has 0 saturated carbocycles. The summed E-state index contributed by atoms with van der Waals surface area (Å²) in [5.41, 5.74) is 2.95.